The zero-order valence-electron chi connectivity index (χ0n) is 46.8. The summed E-state index contributed by atoms with van der Waals surface area (Å²) in [4.78, 5) is 128. The molecular weight excluding hydrogens is 1110 g/mol. The van der Waals surface area contributed by atoms with Gasteiger partial charge in [0.15, 0.2) is 5.75 Å². The number of thioether (sulfide) groups is 1. The summed E-state index contributed by atoms with van der Waals surface area (Å²) in [6.45, 7) is 17.4. The Kier molecular flexibility index (Phi) is 26.1. The lowest BCUT2D eigenvalue weighted by Crippen LogP contribution is -2.31. The second kappa shape index (κ2) is 33.7. The van der Waals surface area contributed by atoms with Gasteiger partial charge in [0, 0.05) is 24.6 Å². The molecular formula is C61H70N2O20S. The molecule has 2 aromatic rings. The van der Waals surface area contributed by atoms with Crippen LogP contribution in [0.15, 0.2) is 90.0 Å². The van der Waals surface area contributed by atoms with Gasteiger partial charge in [-0.15, -0.1) is 0 Å². The lowest BCUT2D eigenvalue weighted by atomic mass is 9.69. The fourth-order valence-corrected chi connectivity index (χ4v) is 11.2. The minimum Gasteiger partial charge on any atom is -0.467 e. The first-order valence-corrected chi connectivity index (χ1v) is 28.9. The van der Waals surface area contributed by atoms with Gasteiger partial charge in [-0.1, -0.05) is 43.6 Å². The molecule has 0 aromatic heterocycles. The molecule has 22 nitrogen and oxygen atoms in total. The first-order chi connectivity index (χ1) is 40.6. The first-order valence-electron chi connectivity index (χ1n) is 28.1. The van der Waals surface area contributed by atoms with E-state index in [1.807, 2.05) is 0 Å². The lowest BCUT2D eigenvalue weighted by Gasteiger charge is -2.36. The summed E-state index contributed by atoms with van der Waals surface area (Å²) >= 11 is 0.913. The Hall–Kier alpha value is -8.26. The maximum atomic E-state index is 13.9. The van der Waals surface area contributed by atoms with Gasteiger partial charge in [-0.2, -0.15) is 0 Å². The van der Waals surface area contributed by atoms with Gasteiger partial charge in [-0.25, -0.2) is 19.2 Å². The van der Waals surface area contributed by atoms with Gasteiger partial charge in [-0.3, -0.25) is 33.6 Å². The van der Waals surface area contributed by atoms with Crippen molar-refractivity contribution in [1.29, 1.82) is 0 Å². The summed E-state index contributed by atoms with van der Waals surface area (Å²) < 4.78 is 53.1. The second-order valence-corrected chi connectivity index (χ2v) is 21.3. The van der Waals surface area contributed by atoms with E-state index in [0.717, 1.165) is 74.1 Å². The van der Waals surface area contributed by atoms with Crippen LogP contribution in [0.3, 0.4) is 0 Å². The highest BCUT2D eigenvalue weighted by atomic mass is 32.2. The van der Waals surface area contributed by atoms with Crippen LogP contribution >= 0.6 is 11.8 Å². The molecule has 6 rings (SSSR count). The molecule has 3 aliphatic carbocycles. The minimum atomic E-state index is -1.02. The molecule has 450 valence electrons. The molecule has 84 heavy (non-hydrogen) atoms. The maximum Gasteiger partial charge on any atom is 0.339 e. The van der Waals surface area contributed by atoms with E-state index in [0.29, 0.717) is 75.4 Å². The van der Waals surface area contributed by atoms with E-state index in [1.54, 1.807) is 24.3 Å². The number of fused-ring (bicyclic) bond motifs is 1. The number of rotatable bonds is 29. The first kappa shape index (κ1) is 64.9. The van der Waals surface area contributed by atoms with Crippen LogP contribution in [0.4, 0.5) is 5.69 Å². The van der Waals surface area contributed by atoms with Gasteiger partial charge in [0.25, 0.3) is 5.70 Å². The summed E-state index contributed by atoms with van der Waals surface area (Å²) in [7, 11) is 0. The second-order valence-electron chi connectivity index (χ2n) is 20.3. The summed E-state index contributed by atoms with van der Waals surface area (Å²) in [5.41, 5.74) is 0.540. The summed E-state index contributed by atoms with van der Waals surface area (Å²) in [6.07, 6.45) is 11.5. The Morgan fingerprint density at radius 3 is 1.45 bits per heavy atom. The van der Waals surface area contributed by atoms with Gasteiger partial charge < -0.3 is 52.7 Å². The zero-order valence-corrected chi connectivity index (χ0v) is 47.6. The van der Waals surface area contributed by atoms with Crippen molar-refractivity contribution in [2.24, 2.45) is 35.5 Å². The van der Waals surface area contributed by atoms with Crippen LogP contribution < -0.4 is 19.5 Å². The van der Waals surface area contributed by atoms with E-state index in [1.165, 1.54) is 12.1 Å². The van der Waals surface area contributed by atoms with Crippen molar-refractivity contribution in [3.63, 3.8) is 0 Å². The number of anilines is 1. The molecule has 3 saturated carbocycles. The van der Waals surface area contributed by atoms with Crippen LogP contribution in [0.2, 0.25) is 0 Å². The monoisotopic (exact) mass is 1180 g/mol. The van der Waals surface area contributed by atoms with Crippen LogP contribution in [-0.4, -0.2) is 106 Å². The number of unbranched alkanes of at least 4 members (excludes halogenated alkanes) is 1. The Bertz CT molecular complexity index is 2810. The number of esters is 10. The van der Waals surface area contributed by atoms with E-state index in [2.05, 4.69) is 29.9 Å². The number of hydrogen-bond donors (Lipinski definition) is 1. The molecule has 0 unspecified atom stereocenters. The standard InChI is InChI=1S/C61H70N2O20S/c1-5-48(64)74-31-8-9-32-79-57(69)41-16-12-39(13-17-41)40-14-18-43(19-15-40)59(71)82-46-26-27-47(55-53(46)63-56(84-55)54(62-4)61(73)80-37-36-77-50(66)7-3)83-60(72)44-22-20-42(21-23-44)58(70)81-45-24-10-38(11-25-45)30-33-75-51(67)28-29-52(68)78-35-34-76-49(65)6-2/h5-7,10-11,24-27,39-44,63H,1-3,8-9,12-23,28-37H2/b56-54-. The van der Waals surface area contributed by atoms with E-state index in [4.69, 9.17) is 53.9 Å². The Morgan fingerprint density at radius 1 is 0.500 bits per heavy atom. The molecule has 23 heteroatoms. The highest BCUT2D eigenvalue weighted by molar-refractivity contribution is 8.04. The molecule has 1 heterocycles. The zero-order chi connectivity index (χ0) is 60.4. The lowest BCUT2D eigenvalue weighted by molar-refractivity contribution is -0.152. The van der Waals surface area contributed by atoms with Gasteiger partial charge in [0.1, 0.15) is 37.9 Å². The van der Waals surface area contributed by atoms with Crippen LogP contribution in [0.1, 0.15) is 108 Å². The average molecular weight is 1180 g/mol. The molecule has 0 amide bonds. The molecule has 2 aromatic carbocycles. The van der Waals surface area contributed by atoms with Crippen molar-refractivity contribution in [2.75, 3.05) is 51.6 Å². The number of carbonyl (C=O) groups excluding carboxylic acids is 10. The van der Waals surface area contributed by atoms with Crippen LogP contribution in [-0.2, 0) is 87.5 Å². The third kappa shape index (κ3) is 20.3. The SMILES string of the molecule is [C-]#[N+]/C(C(=O)OCCOC(=O)C=C)=C1/Nc2c(OC(=O)C3CCC(C4CCC(C(=O)OCCCCOC(=O)C=C)CC4)CC3)ccc(OC(=O)C3CCC(C(=O)Oc4ccc(CCOC(=O)CCC(=O)OCCOC(=O)C=C)cc4)CC3)c2S1. The van der Waals surface area contributed by atoms with Crippen molar-refractivity contribution >= 4 is 77.1 Å². The number of benzene rings is 2. The number of nitrogens with zero attached hydrogens (tertiary/aromatic N) is 1. The Morgan fingerprint density at radius 2 is 0.929 bits per heavy atom. The molecule has 0 saturated heterocycles. The van der Waals surface area contributed by atoms with Gasteiger partial charge >= 0.3 is 59.7 Å². The van der Waals surface area contributed by atoms with E-state index in [-0.39, 0.29) is 98.1 Å². The summed E-state index contributed by atoms with van der Waals surface area (Å²) in [5, 5.41) is 3.05. The Labute approximate surface area is 491 Å². The predicted molar refractivity (Wildman–Crippen MR) is 299 cm³/mol. The van der Waals surface area contributed by atoms with Crippen molar-refractivity contribution in [2.45, 2.75) is 114 Å². The number of hydrogen-bond acceptors (Lipinski definition) is 22. The third-order valence-electron chi connectivity index (χ3n) is 14.7. The summed E-state index contributed by atoms with van der Waals surface area (Å²) in [5.74, 6) is -6.17. The Balaban J connectivity index is 0.980. The quantitative estimate of drug-likeness (QED) is 0.0199. The molecule has 3 fully saturated rings. The highest BCUT2D eigenvalue weighted by Gasteiger charge is 2.38. The number of nitrogens with one attached hydrogen (secondary N) is 1. The van der Waals surface area contributed by atoms with Crippen LogP contribution in [0.5, 0.6) is 17.2 Å². The van der Waals surface area contributed by atoms with Gasteiger partial charge in [0.05, 0.1) is 78.5 Å². The topological polar surface area (TPSA) is 279 Å². The van der Waals surface area contributed by atoms with Gasteiger partial charge in [0.2, 0.25) is 0 Å². The van der Waals surface area contributed by atoms with Crippen molar-refractivity contribution in [3.8, 4) is 17.2 Å². The van der Waals surface area contributed by atoms with E-state index in [9.17, 15) is 47.9 Å². The normalized spacial score (nSPS) is 20.2. The largest absolute Gasteiger partial charge is 0.467 e. The van der Waals surface area contributed by atoms with Crippen LogP contribution in [0, 0.1) is 42.1 Å². The summed E-state index contributed by atoms with van der Waals surface area (Å²) in [6, 6.07) is 9.66. The number of carbonyl (C=O) groups is 10. The fourth-order valence-electron chi connectivity index (χ4n) is 10.1. The van der Waals surface area contributed by atoms with Crippen molar-refractivity contribution < 1.29 is 95.3 Å². The molecule has 1 aliphatic heterocycles. The van der Waals surface area contributed by atoms with Crippen molar-refractivity contribution in [3.05, 3.63) is 102 Å². The number of ether oxygens (including phenoxy) is 10. The maximum absolute atomic E-state index is 13.9. The molecule has 0 atom stereocenters. The predicted octanol–water partition coefficient (Wildman–Crippen LogP) is 8.59. The average Bonchev–Trinajstić information content (AvgIpc) is 2.92. The molecule has 4 aliphatic rings. The molecule has 0 spiro atoms. The smallest absolute Gasteiger partial charge is 0.339 e. The minimum absolute atomic E-state index is 0.0221. The fraction of sp³-hybridized carbons (Fsp3) is 0.492. The van der Waals surface area contributed by atoms with Crippen LogP contribution in [0.25, 0.3) is 4.85 Å². The highest BCUT2D eigenvalue weighted by Crippen LogP contribution is 2.53. The van der Waals surface area contributed by atoms with E-state index >= 15 is 0 Å². The third-order valence-corrected chi connectivity index (χ3v) is 15.9. The molecule has 0 bridgehead atoms. The molecule has 0 radical (unpaired) electrons. The van der Waals surface area contributed by atoms with Crippen molar-refractivity contribution in [1.82, 2.24) is 0 Å². The molecule has 1 N–H and O–H groups in total. The van der Waals surface area contributed by atoms with E-state index < -0.39 is 77.2 Å². The van der Waals surface area contributed by atoms with Gasteiger partial charge in [-0.05, 0) is 132 Å².